The number of carbonyl (C=O) groups is 1. The fourth-order valence-corrected chi connectivity index (χ4v) is 3.32. The molecule has 2 aromatic rings. The molecule has 162 valence electrons. The van der Waals surface area contributed by atoms with Crippen molar-refractivity contribution in [3.8, 4) is 0 Å². The van der Waals surface area contributed by atoms with E-state index < -0.39 is 29.3 Å². The van der Waals surface area contributed by atoms with Crippen LogP contribution in [0.3, 0.4) is 0 Å². The second kappa shape index (κ2) is 8.55. The number of likely N-dealkylation sites (tertiary alicyclic amines) is 1. The number of pyridine rings is 1. The van der Waals surface area contributed by atoms with E-state index in [1.807, 2.05) is 0 Å². The number of amides is 2. The van der Waals surface area contributed by atoms with E-state index in [2.05, 4.69) is 10.3 Å². The molecule has 0 unspecified atom stereocenters. The summed E-state index contributed by atoms with van der Waals surface area (Å²) in [6, 6.07) is 4.54. The number of rotatable bonds is 4. The van der Waals surface area contributed by atoms with Crippen molar-refractivity contribution in [1.29, 1.82) is 0 Å². The van der Waals surface area contributed by atoms with Gasteiger partial charge in [0.2, 0.25) is 0 Å². The molecule has 30 heavy (non-hydrogen) atoms. The first-order valence-electron chi connectivity index (χ1n) is 9.30. The summed E-state index contributed by atoms with van der Waals surface area (Å²) in [5.41, 5.74) is -2.56. The third kappa shape index (κ3) is 4.86. The molecule has 0 radical (unpaired) electrons. The zero-order valence-electron chi connectivity index (χ0n) is 15.8. The number of aromatic nitrogens is 1. The second-order valence-corrected chi connectivity index (χ2v) is 7.11. The number of piperidine rings is 1. The number of alkyl halides is 4. The molecule has 1 fully saturated rings. The lowest BCUT2D eigenvalue weighted by Gasteiger charge is -2.36. The molecule has 1 aliphatic heterocycles. The van der Waals surface area contributed by atoms with Gasteiger partial charge in [0.25, 0.3) is 0 Å². The van der Waals surface area contributed by atoms with Crippen molar-refractivity contribution in [2.24, 2.45) is 0 Å². The Morgan fingerprint density at radius 3 is 2.37 bits per heavy atom. The molecule has 2 amide bonds. The quantitative estimate of drug-likeness (QED) is 0.714. The molecule has 0 aliphatic carbocycles. The van der Waals surface area contributed by atoms with E-state index in [-0.39, 0.29) is 50.3 Å². The lowest BCUT2D eigenvalue weighted by atomic mass is 9.89. The summed E-state index contributed by atoms with van der Waals surface area (Å²) in [6.07, 6.45) is -3.28. The van der Waals surface area contributed by atoms with Crippen LogP contribution in [0.15, 0.2) is 36.5 Å². The van der Waals surface area contributed by atoms with Gasteiger partial charge < -0.3 is 15.3 Å². The number of nitrogens with one attached hydrogen (secondary N) is 1. The molecule has 2 N–H and O–H groups in total. The van der Waals surface area contributed by atoms with Gasteiger partial charge in [-0.3, -0.25) is 4.98 Å². The number of halogens is 5. The maximum absolute atomic E-state index is 15.3. The van der Waals surface area contributed by atoms with E-state index in [1.165, 1.54) is 11.1 Å². The van der Waals surface area contributed by atoms with Gasteiger partial charge in [0.15, 0.2) is 5.67 Å². The largest absolute Gasteiger partial charge is 0.416 e. The number of aliphatic hydroxyl groups is 1. The number of carbonyl (C=O) groups excluding carboxylic acids is 1. The monoisotopic (exact) mass is 429 g/mol. The Morgan fingerprint density at radius 1 is 1.20 bits per heavy atom. The summed E-state index contributed by atoms with van der Waals surface area (Å²) in [4.78, 5) is 17.5. The molecule has 3 rings (SSSR count). The zero-order chi connectivity index (χ0) is 21.9. The van der Waals surface area contributed by atoms with E-state index in [0.29, 0.717) is 5.56 Å². The van der Waals surface area contributed by atoms with Gasteiger partial charge in [-0.2, -0.15) is 13.2 Å². The first-order valence-corrected chi connectivity index (χ1v) is 9.30. The molecule has 0 bridgehead atoms. The van der Waals surface area contributed by atoms with Crippen LogP contribution in [-0.4, -0.2) is 40.7 Å². The van der Waals surface area contributed by atoms with Gasteiger partial charge in [-0.25, -0.2) is 13.6 Å². The van der Waals surface area contributed by atoms with Crippen LogP contribution in [0.1, 0.15) is 29.7 Å². The third-order valence-corrected chi connectivity index (χ3v) is 5.03. The minimum atomic E-state index is -4.47. The third-order valence-electron chi connectivity index (χ3n) is 5.03. The molecular formula is C20H20F5N3O2. The minimum Gasteiger partial charge on any atom is -0.396 e. The van der Waals surface area contributed by atoms with Gasteiger partial charge in [0.05, 0.1) is 5.56 Å². The first kappa shape index (κ1) is 21.9. The normalized spacial score (nSPS) is 16.4. The number of hydrogen-bond acceptors (Lipinski definition) is 3. The SMILES string of the molecule is O=C(Nc1ccc(C(F)(F)F)cc1)N1CCC(F)(c2ncc(CCO)cc2F)CC1. The molecule has 2 heterocycles. The lowest BCUT2D eigenvalue weighted by molar-refractivity contribution is -0.137. The maximum Gasteiger partial charge on any atom is 0.416 e. The van der Waals surface area contributed by atoms with Gasteiger partial charge in [-0.05, 0) is 42.3 Å². The number of benzene rings is 1. The Morgan fingerprint density at radius 2 is 1.83 bits per heavy atom. The Kier molecular flexibility index (Phi) is 6.25. The van der Waals surface area contributed by atoms with E-state index in [9.17, 15) is 22.4 Å². The lowest BCUT2D eigenvalue weighted by Crippen LogP contribution is -2.45. The highest BCUT2D eigenvalue weighted by atomic mass is 19.4. The Hall–Kier alpha value is -2.75. The number of nitrogens with zero attached hydrogens (tertiary/aromatic N) is 2. The standard InChI is InChI=1S/C20H20F5N3O2/c21-16-11-13(5-10-29)12-26-17(16)19(22)6-8-28(9-7-19)18(30)27-15-3-1-14(2-4-15)20(23,24)25/h1-4,11-12,29H,5-10H2,(H,27,30). The van der Waals surface area contributed by atoms with E-state index >= 15 is 4.39 Å². The van der Waals surface area contributed by atoms with Crippen LogP contribution >= 0.6 is 0 Å². The summed E-state index contributed by atoms with van der Waals surface area (Å²) in [7, 11) is 0. The number of anilines is 1. The molecular weight excluding hydrogens is 409 g/mol. The summed E-state index contributed by atoms with van der Waals surface area (Å²) in [5.74, 6) is -0.800. The fourth-order valence-electron chi connectivity index (χ4n) is 3.32. The van der Waals surface area contributed by atoms with E-state index in [4.69, 9.17) is 5.11 Å². The van der Waals surface area contributed by atoms with Crippen LogP contribution in [0.4, 0.5) is 32.4 Å². The van der Waals surface area contributed by atoms with Crippen LogP contribution in [0.5, 0.6) is 0 Å². The van der Waals surface area contributed by atoms with Gasteiger partial charge in [0.1, 0.15) is 11.5 Å². The molecule has 0 saturated carbocycles. The average Bonchev–Trinajstić information content (AvgIpc) is 2.68. The maximum atomic E-state index is 15.3. The molecule has 5 nitrogen and oxygen atoms in total. The van der Waals surface area contributed by atoms with Gasteiger partial charge in [0, 0.05) is 44.4 Å². The molecule has 1 saturated heterocycles. The predicted molar refractivity (Wildman–Crippen MR) is 99.0 cm³/mol. The molecule has 0 spiro atoms. The van der Waals surface area contributed by atoms with Crippen LogP contribution in [-0.2, 0) is 18.3 Å². The van der Waals surface area contributed by atoms with Gasteiger partial charge in [-0.15, -0.1) is 0 Å². The van der Waals surface area contributed by atoms with E-state index in [1.54, 1.807) is 0 Å². The topological polar surface area (TPSA) is 65.5 Å². The summed E-state index contributed by atoms with van der Waals surface area (Å²) < 4.78 is 67.4. The van der Waals surface area contributed by atoms with Crippen LogP contribution in [0.2, 0.25) is 0 Å². The fraction of sp³-hybridized carbons (Fsp3) is 0.400. The van der Waals surface area contributed by atoms with Gasteiger partial charge in [-0.1, -0.05) is 0 Å². The summed E-state index contributed by atoms with van der Waals surface area (Å²) in [5, 5.41) is 11.4. The Balaban J connectivity index is 1.61. The molecule has 1 aliphatic rings. The molecule has 0 atom stereocenters. The molecule has 1 aromatic carbocycles. The number of hydrogen-bond donors (Lipinski definition) is 2. The summed E-state index contributed by atoms with van der Waals surface area (Å²) >= 11 is 0. The van der Waals surface area contributed by atoms with Crippen molar-refractivity contribution in [2.75, 3.05) is 25.0 Å². The minimum absolute atomic E-state index is 0.0114. The molecule has 1 aromatic heterocycles. The highest BCUT2D eigenvalue weighted by molar-refractivity contribution is 5.89. The Labute approximate surface area is 169 Å². The highest BCUT2D eigenvalue weighted by Gasteiger charge is 2.41. The van der Waals surface area contributed by atoms with Crippen molar-refractivity contribution in [3.05, 3.63) is 59.2 Å². The van der Waals surface area contributed by atoms with E-state index in [0.717, 1.165) is 30.3 Å². The van der Waals surface area contributed by atoms with Crippen LogP contribution in [0.25, 0.3) is 0 Å². The average molecular weight is 429 g/mol. The smallest absolute Gasteiger partial charge is 0.396 e. The van der Waals surface area contributed by atoms with Crippen LogP contribution < -0.4 is 5.32 Å². The number of aliphatic hydroxyl groups excluding tert-OH is 1. The van der Waals surface area contributed by atoms with Crippen molar-refractivity contribution >= 4 is 11.7 Å². The van der Waals surface area contributed by atoms with Crippen LogP contribution in [0, 0.1) is 5.82 Å². The van der Waals surface area contributed by atoms with Gasteiger partial charge >= 0.3 is 12.2 Å². The van der Waals surface area contributed by atoms with Crippen molar-refractivity contribution < 1.29 is 31.9 Å². The van der Waals surface area contributed by atoms with Crippen molar-refractivity contribution in [3.63, 3.8) is 0 Å². The Bertz CT molecular complexity index is 894. The highest BCUT2D eigenvalue weighted by Crippen LogP contribution is 2.37. The second-order valence-electron chi connectivity index (χ2n) is 7.11. The molecule has 10 heteroatoms. The summed E-state index contributed by atoms with van der Waals surface area (Å²) in [6.45, 7) is -0.199. The predicted octanol–water partition coefficient (Wildman–Crippen LogP) is 4.27. The zero-order valence-corrected chi connectivity index (χ0v) is 15.8. The first-order chi connectivity index (χ1) is 14.1. The van der Waals surface area contributed by atoms with Crippen molar-refractivity contribution in [2.45, 2.75) is 31.1 Å². The van der Waals surface area contributed by atoms with Crippen molar-refractivity contribution in [1.82, 2.24) is 9.88 Å². The number of urea groups is 1.